The first-order valence-electron chi connectivity index (χ1n) is 4.35. The van der Waals surface area contributed by atoms with E-state index in [0.717, 1.165) is 18.0 Å². The Balaban J connectivity index is 3.06. The molecule has 0 aliphatic rings. The van der Waals surface area contributed by atoms with Gasteiger partial charge in [-0.2, -0.15) is 0 Å². The fourth-order valence-corrected chi connectivity index (χ4v) is 1.91. The third-order valence-electron chi connectivity index (χ3n) is 1.84. The zero-order chi connectivity index (χ0) is 12.3. The lowest BCUT2D eigenvalue weighted by Crippen LogP contribution is -2.27. The van der Waals surface area contributed by atoms with Gasteiger partial charge < -0.3 is 5.11 Å². The quantitative estimate of drug-likeness (QED) is 0.492. The second kappa shape index (κ2) is 4.48. The number of carboxylic acid groups (broad SMARTS) is 1. The average Bonchev–Trinajstić information content (AvgIpc) is 2.17. The smallest absolute Gasteiger partial charge is 0.319 e. The van der Waals surface area contributed by atoms with E-state index in [1.165, 1.54) is 26.1 Å². The number of aromatic nitrogens is 1. The molecule has 86 valence electrons. The van der Waals surface area contributed by atoms with Gasteiger partial charge in [0, 0.05) is 6.20 Å². The van der Waals surface area contributed by atoms with Crippen molar-refractivity contribution in [3.05, 3.63) is 28.6 Å². The highest BCUT2D eigenvalue weighted by Crippen LogP contribution is 2.37. The van der Waals surface area contributed by atoms with Gasteiger partial charge in [-0.1, -0.05) is 0 Å². The van der Waals surface area contributed by atoms with E-state index in [2.05, 4.69) is 4.98 Å². The molecule has 0 saturated carbocycles. The molecule has 1 N–H and O–H groups in total. The molecule has 0 fully saturated rings. The van der Waals surface area contributed by atoms with Crippen molar-refractivity contribution < 1.29 is 14.8 Å². The van der Waals surface area contributed by atoms with Gasteiger partial charge in [0.15, 0.2) is 0 Å². The van der Waals surface area contributed by atoms with E-state index >= 15 is 0 Å². The molecule has 1 heterocycles. The molecule has 0 atom stereocenters. The standard InChI is InChI=1S/C9H10N2O4S/c1-9(2,8(12)13)16-7-3-4-10-5-6(7)11(14)15/h3-5H,1-2H3,(H,12,13). The lowest BCUT2D eigenvalue weighted by molar-refractivity contribution is -0.388. The van der Waals surface area contributed by atoms with E-state index in [4.69, 9.17) is 5.11 Å². The Kier molecular flexibility index (Phi) is 3.48. The SMILES string of the molecule is CC(C)(Sc1ccncc1[N+](=O)[O-])C(=O)O. The van der Waals surface area contributed by atoms with Gasteiger partial charge in [-0.25, -0.2) is 0 Å². The van der Waals surface area contributed by atoms with Crippen molar-refractivity contribution in [1.29, 1.82) is 0 Å². The van der Waals surface area contributed by atoms with Crippen LogP contribution < -0.4 is 0 Å². The van der Waals surface area contributed by atoms with Gasteiger partial charge in [0.2, 0.25) is 0 Å². The van der Waals surface area contributed by atoms with Crippen molar-refractivity contribution in [1.82, 2.24) is 4.98 Å². The molecular formula is C9H10N2O4S. The van der Waals surface area contributed by atoms with Crippen LogP contribution >= 0.6 is 11.8 Å². The molecule has 0 amide bonds. The summed E-state index contributed by atoms with van der Waals surface area (Å²) in [6, 6.07) is 1.44. The van der Waals surface area contributed by atoms with Crippen molar-refractivity contribution >= 4 is 23.4 Å². The van der Waals surface area contributed by atoms with E-state index in [9.17, 15) is 14.9 Å². The van der Waals surface area contributed by atoms with Gasteiger partial charge in [-0.15, -0.1) is 11.8 Å². The summed E-state index contributed by atoms with van der Waals surface area (Å²) >= 11 is 0.928. The molecule has 0 unspecified atom stereocenters. The minimum atomic E-state index is -1.12. The molecule has 1 aromatic heterocycles. The molecule has 16 heavy (non-hydrogen) atoms. The van der Waals surface area contributed by atoms with Gasteiger partial charge in [0.25, 0.3) is 0 Å². The maximum atomic E-state index is 10.9. The molecule has 0 spiro atoms. The lowest BCUT2D eigenvalue weighted by atomic mass is 10.2. The van der Waals surface area contributed by atoms with Crippen LogP contribution in [-0.4, -0.2) is 25.7 Å². The second-order valence-electron chi connectivity index (χ2n) is 3.52. The lowest BCUT2D eigenvalue weighted by Gasteiger charge is -2.17. The average molecular weight is 242 g/mol. The Morgan fingerprint density at radius 1 is 1.62 bits per heavy atom. The molecule has 0 bridgehead atoms. The Hall–Kier alpha value is -1.63. The fraction of sp³-hybridized carbons (Fsp3) is 0.333. The van der Waals surface area contributed by atoms with Crippen LogP contribution in [0.2, 0.25) is 0 Å². The molecule has 0 aliphatic heterocycles. The van der Waals surface area contributed by atoms with Crippen molar-refractivity contribution in [2.24, 2.45) is 0 Å². The minimum Gasteiger partial charge on any atom is -0.480 e. The fourth-order valence-electron chi connectivity index (χ4n) is 0.915. The highest BCUT2D eigenvalue weighted by atomic mass is 32.2. The van der Waals surface area contributed by atoms with Gasteiger partial charge in [-0.3, -0.25) is 19.9 Å². The van der Waals surface area contributed by atoms with E-state index in [0.29, 0.717) is 4.90 Å². The van der Waals surface area contributed by atoms with Crippen LogP contribution in [0.3, 0.4) is 0 Å². The maximum absolute atomic E-state index is 10.9. The van der Waals surface area contributed by atoms with Crippen LogP contribution in [-0.2, 0) is 4.79 Å². The summed E-state index contributed by atoms with van der Waals surface area (Å²) < 4.78 is -1.12. The molecule has 0 saturated heterocycles. The molecule has 1 aromatic rings. The molecule has 0 aliphatic carbocycles. The number of carbonyl (C=O) groups is 1. The topological polar surface area (TPSA) is 93.3 Å². The summed E-state index contributed by atoms with van der Waals surface area (Å²) in [6.07, 6.45) is 2.51. The van der Waals surface area contributed by atoms with Crippen LogP contribution in [0, 0.1) is 10.1 Å². The summed E-state index contributed by atoms with van der Waals surface area (Å²) in [4.78, 5) is 24.9. The number of aliphatic carboxylic acids is 1. The summed E-state index contributed by atoms with van der Waals surface area (Å²) in [6.45, 7) is 2.98. The number of carboxylic acids is 1. The van der Waals surface area contributed by atoms with Gasteiger partial charge in [-0.05, 0) is 19.9 Å². The molecule has 1 rings (SSSR count). The Labute approximate surface area is 95.8 Å². The molecule has 7 heteroatoms. The Morgan fingerprint density at radius 2 is 2.25 bits per heavy atom. The number of hydrogen-bond donors (Lipinski definition) is 1. The first kappa shape index (κ1) is 12.4. The number of thioether (sulfide) groups is 1. The van der Waals surface area contributed by atoms with E-state index in [1.54, 1.807) is 0 Å². The highest BCUT2D eigenvalue weighted by Gasteiger charge is 2.31. The van der Waals surface area contributed by atoms with Crippen LogP contribution in [0.1, 0.15) is 13.8 Å². The molecule has 0 radical (unpaired) electrons. The number of nitro groups is 1. The summed E-state index contributed by atoms with van der Waals surface area (Å²) in [7, 11) is 0. The highest BCUT2D eigenvalue weighted by molar-refractivity contribution is 8.01. The number of nitrogens with zero attached hydrogens (tertiary/aromatic N) is 2. The van der Waals surface area contributed by atoms with E-state index in [-0.39, 0.29) is 5.69 Å². The first-order valence-corrected chi connectivity index (χ1v) is 5.17. The second-order valence-corrected chi connectivity index (χ2v) is 5.18. The zero-order valence-corrected chi connectivity index (χ0v) is 9.52. The number of pyridine rings is 1. The molecule has 0 aromatic carbocycles. The van der Waals surface area contributed by atoms with Gasteiger partial charge in [0.1, 0.15) is 10.9 Å². The van der Waals surface area contributed by atoms with E-state index < -0.39 is 15.6 Å². The monoisotopic (exact) mass is 242 g/mol. The largest absolute Gasteiger partial charge is 0.480 e. The van der Waals surface area contributed by atoms with Gasteiger partial charge >= 0.3 is 11.7 Å². The van der Waals surface area contributed by atoms with Crippen LogP contribution in [0.4, 0.5) is 5.69 Å². The van der Waals surface area contributed by atoms with E-state index in [1.807, 2.05) is 0 Å². The van der Waals surface area contributed by atoms with Crippen LogP contribution in [0.5, 0.6) is 0 Å². The number of rotatable bonds is 4. The zero-order valence-electron chi connectivity index (χ0n) is 8.71. The Bertz CT molecular complexity index is 433. The van der Waals surface area contributed by atoms with Crippen molar-refractivity contribution in [3.8, 4) is 0 Å². The van der Waals surface area contributed by atoms with Gasteiger partial charge in [0.05, 0.1) is 9.82 Å². The minimum absolute atomic E-state index is 0.179. The summed E-state index contributed by atoms with van der Waals surface area (Å²) in [5.74, 6) is -1.02. The van der Waals surface area contributed by atoms with Crippen LogP contribution in [0.15, 0.2) is 23.4 Å². The summed E-state index contributed by atoms with van der Waals surface area (Å²) in [5, 5.41) is 19.6. The van der Waals surface area contributed by atoms with Crippen LogP contribution in [0.25, 0.3) is 0 Å². The predicted octanol–water partition coefficient (Wildman–Crippen LogP) is 1.95. The normalized spacial score (nSPS) is 11.1. The first-order chi connectivity index (χ1) is 7.34. The van der Waals surface area contributed by atoms with Crippen molar-refractivity contribution in [3.63, 3.8) is 0 Å². The van der Waals surface area contributed by atoms with Crippen molar-refractivity contribution in [2.45, 2.75) is 23.5 Å². The van der Waals surface area contributed by atoms with Crippen molar-refractivity contribution in [2.75, 3.05) is 0 Å². The maximum Gasteiger partial charge on any atom is 0.319 e. The Morgan fingerprint density at radius 3 is 2.75 bits per heavy atom. The third kappa shape index (κ3) is 2.69. The molecular weight excluding hydrogens is 232 g/mol. The number of hydrogen-bond acceptors (Lipinski definition) is 5. The predicted molar refractivity (Wildman–Crippen MR) is 58.5 cm³/mol. The summed E-state index contributed by atoms with van der Waals surface area (Å²) in [5.41, 5.74) is -0.179. The third-order valence-corrected chi connectivity index (χ3v) is 3.09. The molecule has 6 nitrogen and oxygen atoms in total.